The summed E-state index contributed by atoms with van der Waals surface area (Å²) in [7, 11) is 0. The Bertz CT molecular complexity index is 357. The molecule has 76 valence electrons. The van der Waals surface area contributed by atoms with Gasteiger partial charge in [0.2, 0.25) is 0 Å². The van der Waals surface area contributed by atoms with Crippen LogP contribution in [0.5, 0.6) is 0 Å². The quantitative estimate of drug-likeness (QED) is 0.596. The number of aromatic nitrogens is 1. The molecule has 0 fully saturated rings. The molecule has 0 aromatic carbocycles. The van der Waals surface area contributed by atoms with Crippen molar-refractivity contribution in [3.63, 3.8) is 0 Å². The van der Waals surface area contributed by atoms with Gasteiger partial charge in [-0.2, -0.15) is 0 Å². The molecule has 0 unspecified atom stereocenters. The van der Waals surface area contributed by atoms with E-state index in [0.717, 1.165) is 6.07 Å². The topological polar surface area (TPSA) is 76.3 Å². The highest BCUT2D eigenvalue weighted by molar-refractivity contribution is 5.32. The molecule has 5 nitrogen and oxygen atoms in total. The summed E-state index contributed by atoms with van der Waals surface area (Å²) in [4.78, 5) is 12.6. The van der Waals surface area contributed by atoms with E-state index in [4.69, 9.17) is 5.11 Å². The van der Waals surface area contributed by atoms with Crippen LogP contribution in [-0.2, 0) is 6.61 Å². The molecule has 1 N–H and O–H groups in total. The maximum atomic E-state index is 12.2. The van der Waals surface area contributed by atoms with Gasteiger partial charge in [-0.25, -0.2) is 8.78 Å². The number of aliphatic hydroxyl groups excluding tert-OH is 1. The SMILES string of the molecule is O=[N+]([O-])c1cc(CO)c(C(F)F)cn1. The van der Waals surface area contributed by atoms with Gasteiger partial charge in [0.1, 0.15) is 6.20 Å². The van der Waals surface area contributed by atoms with Crippen LogP contribution in [0.3, 0.4) is 0 Å². The van der Waals surface area contributed by atoms with Gasteiger partial charge in [-0.1, -0.05) is 0 Å². The fourth-order valence-corrected chi connectivity index (χ4v) is 0.928. The van der Waals surface area contributed by atoms with Crippen LogP contribution in [0.25, 0.3) is 0 Å². The monoisotopic (exact) mass is 204 g/mol. The van der Waals surface area contributed by atoms with Crippen LogP contribution in [0.4, 0.5) is 14.6 Å². The van der Waals surface area contributed by atoms with Gasteiger partial charge in [0, 0.05) is 6.07 Å². The van der Waals surface area contributed by atoms with Crippen LogP contribution in [0.15, 0.2) is 12.3 Å². The molecule has 7 heteroatoms. The van der Waals surface area contributed by atoms with Gasteiger partial charge in [0.05, 0.1) is 12.2 Å². The zero-order chi connectivity index (χ0) is 10.7. The lowest BCUT2D eigenvalue weighted by atomic mass is 10.1. The molecule has 0 aliphatic heterocycles. The molecule has 14 heavy (non-hydrogen) atoms. The lowest BCUT2D eigenvalue weighted by molar-refractivity contribution is -0.389. The Kier molecular flexibility index (Phi) is 3.03. The maximum absolute atomic E-state index is 12.2. The van der Waals surface area contributed by atoms with E-state index in [2.05, 4.69) is 4.98 Å². The Morgan fingerprint density at radius 1 is 1.64 bits per heavy atom. The highest BCUT2D eigenvalue weighted by atomic mass is 19.3. The average molecular weight is 204 g/mol. The van der Waals surface area contributed by atoms with E-state index in [9.17, 15) is 18.9 Å². The van der Waals surface area contributed by atoms with Gasteiger partial charge in [-0.3, -0.25) is 0 Å². The summed E-state index contributed by atoms with van der Waals surface area (Å²) in [6, 6.07) is 0.835. The van der Waals surface area contributed by atoms with Crippen molar-refractivity contribution < 1.29 is 18.8 Å². The molecular weight excluding hydrogens is 198 g/mol. The molecule has 0 radical (unpaired) electrons. The summed E-state index contributed by atoms with van der Waals surface area (Å²) in [5, 5.41) is 18.9. The second-order valence-electron chi connectivity index (χ2n) is 2.46. The van der Waals surface area contributed by atoms with Crippen molar-refractivity contribution in [2.75, 3.05) is 0 Å². The Balaban J connectivity index is 3.18. The molecule has 0 saturated carbocycles. The molecule has 0 aliphatic carbocycles. The summed E-state index contributed by atoms with van der Waals surface area (Å²) in [6.45, 7) is -0.678. The molecule has 1 rings (SSSR count). The van der Waals surface area contributed by atoms with E-state index in [1.54, 1.807) is 0 Å². The minimum atomic E-state index is -2.80. The normalized spacial score (nSPS) is 10.6. The second-order valence-corrected chi connectivity index (χ2v) is 2.46. The van der Waals surface area contributed by atoms with Crippen molar-refractivity contribution in [3.05, 3.63) is 33.5 Å². The fourth-order valence-electron chi connectivity index (χ4n) is 0.928. The van der Waals surface area contributed by atoms with E-state index in [1.165, 1.54) is 0 Å². The number of pyridine rings is 1. The molecule has 0 saturated heterocycles. The number of nitro groups is 1. The maximum Gasteiger partial charge on any atom is 0.363 e. The fraction of sp³-hybridized carbons (Fsp3) is 0.286. The van der Waals surface area contributed by atoms with E-state index in [1.807, 2.05) is 0 Å². The van der Waals surface area contributed by atoms with Crippen molar-refractivity contribution in [1.29, 1.82) is 0 Å². The lowest BCUT2D eigenvalue weighted by Crippen LogP contribution is -1.99. The number of hydrogen-bond acceptors (Lipinski definition) is 4. The Morgan fingerprint density at radius 3 is 2.71 bits per heavy atom. The first kappa shape index (κ1) is 10.5. The van der Waals surface area contributed by atoms with E-state index in [-0.39, 0.29) is 5.56 Å². The summed E-state index contributed by atoms with van der Waals surface area (Å²) in [6.07, 6.45) is -2.10. The van der Waals surface area contributed by atoms with Crippen LogP contribution in [0, 0.1) is 10.1 Å². The van der Waals surface area contributed by atoms with Gasteiger partial charge in [0.15, 0.2) is 0 Å². The number of hydrogen-bond donors (Lipinski definition) is 1. The lowest BCUT2D eigenvalue weighted by Gasteiger charge is -2.03. The molecule has 0 spiro atoms. The van der Waals surface area contributed by atoms with Crippen molar-refractivity contribution in [2.24, 2.45) is 0 Å². The van der Waals surface area contributed by atoms with Crippen LogP contribution in [0.1, 0.15) is 17.6 Å². The smallest absolute Gasteiger partial charge is 0.363 e. The highest BCUT2D eigenvalue weighted by Gasteiger charge is 2.18. The number of alkyl halides is 2. The standard InChI is InChI=1S/C7H6F2N2O3/c8-7(9)5-2-10-6(11(13)14)1-4(5)3-12/h1-2,7,12H,3H2. The van der Waals surface area contributed by atoms with Gasteiger partial charge in [-0.15, -0.1) is 0 Å². The van der Waals surface area contributed by atoms with Crippen molar-refractivity contribution in [2.45, 2.75) is 13.0 Å². The molecule has 0 aliphatic rings. The Labute approximate surface area is 77.2 Å². The molecule has 1 aromatic rings. The molecule has 1 aromatic heterocycles. The summed E-state index contributed by atoms with van der Waals surface area (Å²) < 4.78 is 24.5. The predicted molar refractivity (Wildman–Crippen MR) is 41.8 cm³/mol. The van der Waals surface area contributed by atoms with Gasteiger partial charge in [0.25, 0.3) is 6.43 Å². The third-order valence-corrected chi connectivity index (χ3v) is 1.60. The zero-order valence-electron chi connectivity index (χ0n) is 6.85. The summed E-state index contributed by atoms with van der Waals surface area (Å²) in [5.41, 5.74) is -0.667. The summed E-state index contributed by atoms with van der Waals surface area (Å²) in [5.74, 6) is -0.557. The van der Waals surface area contributed by atoms with Crippen LogP contribution >= 0.6 is 0 Å². The van der Waals surface area contributed by atoms with E-state index in [0.29, 0.717) is 6.20 Å². The summed E-state index contributed by atoms with van der Waals surface area (Å²) >= 11 is 0. The third kappa shape index (κ3) is 1.99. The Hall–Kier alpha value is -1.63. The average Bonchev–Trinajstić information content (AvgIpc) is 2.16. The Morgan fingerprint density at radius 2 is 2.29 bits per heavy atom. The minimum absolute atomic E-state index is 0.179. The van der Waals surface area contributed by atoms with Crippen LogP contribution < -0.4 is 0 Å². The van der Waals surface area contributed by atoms with Crippen molar-refractivity contribution in [3.8, 4) is 0 Å². The van der Waals surface area contributed by atoms with E-state index >= 15 is 0 Å². The highest BCUT2D eigenvalue weighted by Crippen LogP contribution is 2.24. The number of aliphatic hydroxyl groups is 1. The van der Waals surface area contributed by atoms with Crippen LogP contribution in [0.2, 0.25) is 0 Å². The molecule has 0 amide bonds. The third-order valence-electron chi connectivity index (χ3n) is 1.60. The van der Waals surface area contributed by atoms with Crippen molar-refractivity contribution >= 4 is 5.82 Å². The van der Waals surface area contributed by atoms with Gasteiger partial charge >= 0.3 is 5.82 Å². The van der Waals surface area contributed by atoms with Gasteiger partial charge in [-0.05, 0) is 15.5 Å². The van der Waals surface area contributed by atoms with Crippen molar-refractivity contribution in [1.82, 2.24) is 4.98 Å². The molecule has 0 atom stereocenters. The largest absolute Gasteiger partial charge is 0.392 e. The first-order chi connectivity index (χ1) is 6.56. The number of nitrogens with zero attached hydrogens (tertiary/aromatic N) is 2. The first-order valence-corrected chi connectivity index (χ1v) is 3.58. The first-order valence-electron chi connectivity index (χ1n) is 3.58. The van der Waals surface area contributed by atoms with E-state index < -0.39 is 29.3 Å². The molecule has 0 bridgehead atoms. The second kappa shape index (κ2) is 4.05. The zero-order valence-corrected chi connectivity index (χ0v) is 6.85. The molecule has 1 heterocycles. The number of halogens is 2. The van der Waals surface area contributed by atoms with Crippen LogP contribution in [-0.4, -0.2) is 15.0 Å². The minimum Gasteiger partial charge on any atom is -0.392 e. The predicted octanol–water partition coefficient (Wildman–Crippen LogP) is 1.42. The molecular formula is C7H6F2N2O3. The van der Waals surface area contributed by atoms with Gasteiger partial charge < -0.3 is 15.2 Å². The number of rotatable bonds is 3.